The molecule has 3 rings (SSSR count). The van der Waals surface area contributed by atoms with E-state index in [1.165, 1.54) is 5.69 Å². The lowest BCUT2D eigenvalue weighted by Crippen LogP contribution is -2.53. The van der Waals surface area contributed by atoms with Gasteiger partial charge in [-0.3, -0.25) is 4.99 Å². The number of likely N-dealkylation sites (N-methyl/N-ethyl adjacent to an activating group) is 1. The summed E-state index contributed by atoms with van der Waals surface area (Å²) in [5.41, 5.74) is 2.28. The van der Waals surface area contributed by atoms with Crippen molar-refractivity contribution in [2.24, 2.45) is 4.99 Å². The molecule has 8 nitrogen and oxygen atoms in total. The molecule has 2 saturated heterocycles. The molecule has 2 fully saturated rings. The van der Waals surface area contributed by atoms with Crippen LogP contribution in [0.15, 0.2) is 23.2 Å². The fraction of sp³-hybridized carbons (Fsp3) is 0.619. The highest BCUT2D eigenvalue weighted by Gasteiger charge is 2.24. The summed E-state index contributed by atoms with van der Waals surface area (Å²) in [4.78, 5) is 25.0. The van der Waals surface area contributed by atoms with Crippen LogP contribution in [0.4, 0.5) is 10.5 Å². The number of hydrogen-bond donors (Lipinski definition) is 1. The number of benzene rings is 1. The van der Waals surface area contributed by atoms with Crippen LogP contribution < -0.4 is 10.2 Å². The van der Waals surface area contributed by atoms with Crippen molar-refractivity contribution in [1.29, 1.82) is 0 Å². The lowest BCUT2D eigenvalue weighted by Gasteiger charge is -2.37. The topological polar surface area (TPSA) is 63.7 Å². The summed E-state index contributed by atoms with van der Waals surface area (Å²) < 4.78 is 5.10. The molecule has 0 aromatic heterocycles. The Balaban J connectivity index is 1.61. The van der Waals surface area contributed by atoms with E-state index in [1.807, 2.05) is 19.1 Å². The zero-order valence-corrected chi connectivity index (χ0v) is 19.0. The van der Waals surface area contributed by atoms with Gasteiger partial charge in [0.15, 0.2) is 5.96 Å². The number of aliphatic imine (C=N–C) groups is 1. The van der Waals surface area contributed by atoms with Gasteiger partial charge in [0.1, 0.15) is 0 Å². The highest BCUT2D eigenvalue weighted by Crippen LogP contribution is 2.28. The molecule has 2 aliphatic rings. The highest BCUT2D eigenvalue weighted by molar-refractivity contribution is 6.31. The third kappa shape index (κ3) is 5.49. The molecule has 0 atom stereocenters. The number of carbonyl (C=O) groups is 1. The second-order valence-electron chi connectivity index (χ2n) is 7.60. The maximum absolute atomic E-state index is 11.9. The number of guanidine groups is 1. The molecule has 0 unspecified atom stereocenters. The van der Waals surface area contributed by atoms with E-state index in [9.17, 15) is 4.79 Å². The summed E-state index contributed by atoms with van der Waals surface area (Å²) in [5, 5.41) is 4.24. The van der Waals surface area contributed by atoms with Gasteiger partial charge in [-0.05, 0) is 26.1 Å². The quantitative estimate of drug-likeness (QED) is 0.575. The summed E-state index contributed by atoms with van der Waals surface area (Å²) in [7, 11) is 3.94. The summed E-state index contributed by atoms with van der Waals surface area (Å²) >= 11 is 6.58. The highest BCUT2D eigenvalue weighted by atomic mass is 35.5. The third-order valence-corrected chi connectivity index (χ3v) is 6.03. The maximum Gasteiger partial charge on any atom is 0.409 e. The Morgan fingerprint density at radius 2 is 1.77 bits per heavy atom. The van der Waals surface area contributed by atoms with Gasteiger partial charge in [-0.2, -0.15) is 0 Å². The Bertz CT molecular complexity index is 743. The molecule has 2 heterocycles. The van der Waals surface area contributed by atoms with Crippen LogP contribution in [0.25, 0.3) is 0 Å². The van der Waals surface area contributed by atoms with Crippen molar-refractivity contribution in [3.63, 3.8) is 0 Å². The van der Waals surface area contributed by atoms with Gasteiger partial charge in [-0.15, -0.1) is 0 Å². The number of piperazine rings is 2. The molecule has 0 radical (unpaired) electrons. The first-order valence-electron chi connectivity index (χ1n) is 10.6. The number of rotatable bonds is 4. The monoisotopic (exact) mass is 436 g/mol. The SMILES string of the molecule is CCOC(=O)N1CCN(C(=NC)NCc2c(Cl)cccc2N2CCN(C)CC2)CC1. The molecule has 166 valence electrons. The van der Waals surface area contributed by atoms with E-state index >= 15 is 0 Å². The van der Waals surface area contributed by atoms with Crippen molar-refractivity contribution in [1.82, 2.24) is 20.0 Å². The zero-order valence-electron chi connectivity index (χ0n) is 18.2. The second kappa shape index (κ2) is 10.7. The smallest absolute Gasteiger partial charge is 0.409 e. The van der Waals surface area contributed by atoms with Crippen LogP contribution >= 0.6 is 11.6 Å². The molecular formula is C21H33ClN6O2. The van der Waals surface area contributed by atoms with E-state index in [4.69, 9.17) is 16.3 Å². The number of nitrogens with one attached hydrogen (secondary N) is 1. The molecule has 0 spiro atoms. The van der Waals surface area contributed by atoms with Gasteiger partial charge in [-0.25, -0.2) is 4.79 Å². The number of carbonyl (C=O) groups excluding carboxylic acids is 1. The predicted molar refractivity (Wildman–Crippen MR) is 122 cm³/mol. The minimum atomic E-state index is -0.243. The van der Waals surface area contributed by atoms with Crippen LogP contribution in [0.3, 0.4) is 0 Å². The van der Waals surface area contributed by atoms with Crippen molar-refractivity contribution in [3.8, 4) is 0 Å². The van der Waals surface area contributed by atoms with E-state index in [0.29, 0.717) is 39.3 Å². The summed E-state index contributed by atoms with van der Waals surface area (Å²) in [6.07, 6.45) is -0.243. The van der Waals surface area contributed by atoms with E-state index in [0.717, 1.165) is 42.7 Å². The molecule has 9 heteroatoms. The van der Waals surface area contributed by atoms with Gasteiger partial charge in [-0.1, -0.05) is 17.7 Å². The molecular weight excluding hydrogens is 404 g/mol. The van der Waals surface area contributed by atoms with Crippen LogP contribution in [0.2, 0.25) is 5.02 Å². The number of halogens is 1. The van der Waals surface area contributed by atoms with E-state index < -0.39 is 0 Å². The van der Waals surface area contributed by atoms with Crippen LogP contribution in [-0.2, 0) is 11.3 Å². The average Bonchev–Trinajstić information content (AvgIpc) is 2.76. The molecule has 1 amide bonds. The minimum absolute atomic E-state index is 0.243. The zero-order chi connectivity index (χ0) is 21.5. The molecule has 0 bridgehead atoms. The molecule has 0 aliphatic carbocycles. The first-order valence-corrected chi connectivity index (χ1v) is 11.0. The molecule has 1 aromatic carbocycles. The van der Waals surface area contributed by atoms with Gasteiger partial charge in [0.2, 0.25) is 0 Å². The molecule has 30 heavy (non-hydrogen) atoms. The standard InChI is InChI=1S/C21H33ClN6O2/c1-4-30-21(29)28-14-12-27(13-15-28)20(23-2)24-16-17-18(22)6-5-7-19(17)26-10-8-25(3)9-11-26/h5-7H,4,8-16H2,1-3H3,(H,23,24). The number of ether oxygens (including phenoxy) is 1. The fourth-order valence-corrected chi connectivity index (χ4v) is 4.12. The number of nitrogens with zero attached hydrogens (tertiary/aromatic N) is 5. The van der Waals surface area contributed by atoms with Crippen LogP contribution in [0.5, 0.6) is 0 Å². The van der Waals surface area contributed by atoms with Crippen molar-refractivity contribution in [2.75, 3.05) is 78.0 Å². The minimum Gasteiger partial charge on any atom is -0.450 e. The number of anilines is 1. The van der Waals surface area contributed by atoms with Gasteiger partial charge in [0, 0.05) is 82.2 Å². The van der Waals surface area contributed by atoms with Crippen molar-refractivity contribution in [2.45, 2.75) is 13.5 Å². The van der Waals surface area contributed by atoms with Gasteiger partial charge < -0.3 is 29.7 Å². The lowest BCUT2D eigenvalue weighted by atomic mass is 10.1. The van der Waals surface area contributed by atoms with E-state index in [2.05, 4.69) is 38.1 Å². The fourth-order valence-electron chi connectivity index (χ4n) is 3.88. The molecule has 1 N–H and O–H groups in total. The van der Waals surface area contributed by atoms with Crippen LogP contribution in [0.1, 0.15) is 12.5 Å². The molecule has 0 saturated carbocycles. The van der Waals surface area contributed by atoms with Crippen LogP contribution in [-0.4, -0.2) is 99.8 Å². The Morgan fingerprint density at radius 1 is 1.10 bits per heavy atom. The van der Waals surface area contributed by atoms with Crippen molar-refractivity contribution >= 4 is 29.3 Å². The van der Waals surface area contributed by atoms with Crippen LogP contribution in [0, 0.1) is 0 Å². The largest absolute Gasteiger partial charge is 0.450 e. The summed E-state index contributed by atoms with van der Waals surface area (Å²) in [6.45, 7) is 9.59. The second-order valence-corrected chi connectivity index (χ2v) is 8.01. The number of hydrogen-bond acceptors (Lipinski definition) is 5. The Morgan fingerprint density at radius 3 is 2.40 bits per heavy atom. The van der Waals surface area contributed by atoms with Gasteiger partial charge >= 0.3 is 6.09 Å². The number of amides is 1. The lowest BCUT2D eigenvalue weighted by molar-refractivity contribution is 0.0914. The maximum atomic E-state index is 11.9. The first kappa shape index (κ1) is 22.5. The first-order chi connectivity index (χ1) is 14.5. The molecule has 2 aliphatic heterocycles. The van der Waals surface area contributed by atoms with Crippen molar-refractivity contribution in [3.05, 3.63) is 28.8 Å². The molecule has 1 aromatic rings. The average molecular weight is 437 g/mol. The Labute approximate surface area is 184 Å². The Kier molecular flexibility index (Phi) is 8.04. The Hall–Kier alpha value is -2.19. The van der Waals surface area contributed by atoms with E-state index in [1.54, 1.807) is 11.9 Å². The summed E-state index contributed by atoms with van der Waals surface area (Å²) in [5.74, 6) is 0.822. The summed E-state index contributed by atoms with van der Waals surface area (Å²) in [6, 6.07) is 6.11. The van der Waals surface area contributed by atoms with E-state index in [-0.39, 0.29) is 6.09 Å². The van der Waals surface area contributed by atoms with Gasteiger partial charge in [0.25, 0.3) is 0 Å². The normalized spacial score (nSPS) is 18.5. The third-order valence-electron chi connectivity index (χ3n) is 5.68. The predicted octanol–water partition coefficient (Wildman–Crippen LogP) is 1.94. The van der Waals surface area contributed by atoms with Crippen molar-refractivity contribution < 1.29 is 9.53 Å². The van der Waals surface area contributed by atoms with Gasteiger partial charge in [0.05, 0.1) is 6.61 Å².